The van der Waals surface area contributed by atoms with Crippen LogP contribution in [0.2, 0.25) is 0 Å². The van der Waals surface area contributed by atoms with Gasteiger partial charge in [0.05, 0.1) is 31.9 Å². The number of carbonyl (C=O) groups is 2. The molecular weight excluding hydrogens is 342 g/mol. The molecule has 27 heavy (non-hydrogen) atoms. The molecule has 5 nitrogen and oxygen atoms in total. The monoisotopic (exact) mass is 363 g/mol. The van der Waals surface area contributed by atoms with Gasteiger partial charge in [0.15, 0.2) is 0 Å². The molecule has 0 aliphatic carbocycles. The van der Waals surface area contributed by atoms with Crippen LogP contribution in [0.15, 0.2) is 71.4 Å². The van der Waals surface area contributed by atoms with Gasteiger partial charge in [0.2, 0.25) is 0 Å². The quantitative estimate of drug-likeness (QED) is 0.602. The molecule has 2 aromatic rings. The lowest BCUT2D eigenvalue weighted by atomic mass is 10.0. The maximum Gasteiger partial charge on any atom is 0.340 e. The average molecular weight is 363 g/mol. The molecule has 0 aromatic heterocycles. The first kappa shape index (κ1) is 18.5. The number of benzene rings is 2. The summed E-state index contributed by atoms with van der Waals surface area (Å²) in [6.07, 6.45) is 1.70. The summed E-state index contributed by atoms with van der Waals surface area (Å²) in [6, 6.07) is 17.0. The number of allylic oxidation sites excluding steroid dienone is 1. The highest BCUT2D eigenvalue weighted by Gasteiger charge is 2.36. The van der Waals surface area contributed by atoms with Gasteiger partial charge >= 0.3 is 5.97 Å². The lowest BCUT2D eigenvalue weighted by Crippen LogP contribution is -2.24. The first-order valence-corrected chi connectivity index (χ1v) is 8.56. The molecule has 138 valence electrons. The van der Waals surface area contributed by atoms with Gasteiger partial charge < -0.3 is 14.4 Å². The SMILES string of the molecule is COC(=O)C1=C(C)N(Cc2ccccc2)C(=O)/C1=C\c1cccc(OC)c1. The third-order valence-corrected chi connectivity index (χ3v) is 4.49. The smallest absolute Gasteiger partial charge is 0.340 e. The van der Waals surface area contributed by atoms with Gasteiger partial charge in [-0.1, -0.05) is 42.5 Å². The molecule has 5 heteroatoms. The van der Waals surface area contributed by atoms with Crippen LogP contribution < -0.4 is 4.74 Å². The van der Waals surface area contributed by atoms with E-state index >= 15 is 0 Å². The van der Waals surface area contributed by atoms with Crippen molar-refractivity contribution in [2.45, 2.75) is 13.5 Å². The van der Waals surface area contributed by atoms with Gasteiger partial charge in [0, 0.05) is 5.70 Å². The van der Waals surface area contributed by atoms with Crippen LogP contribution in [0, 0.1) is 0 Å². The predicted octanol–water partition coefficient (Wildman–Crippen LogP) is 3.57. The van der Waals surface area contributed by atoms with Gasteiger partial charge in [0.1, 0.15) is 5.75 Å². The summed E-state index contributed by atoms with van der Waals surface area (Å²) in [7, 11) is 2.90. The summed E-state index contributed by atoms with van der Waals surface area (Å²) in [5.74, 6) is -0.0682. The van der Waals surface area contributed by atoms with Crippen LogP contribution in [0.5, 0.6) is 5.75 Å². The van der Waals surface area contributed by atoms with Crippen molar-refractivity contribution in [2.24, 2.45) is 0 Å². The molecule has 0 bridgehead atoms. The van der Waals surface area contributed by atoms with Gasteiger partial charge in [-0.2, -0.15) is 0 Å². The maximum absolute atomic E-state index is 13.1. The zero-order valence-electron chi connectivity index (χ0n) is 15.6. The van der Waals surface area contributed by atoms with Crippen molar-refractivity contribution in [3.63, 3.8) is 0 Å². The molecule has 1 amide bonds. The van der Waals surface area contributed by atoms with Crippen molar-refractivity contribution < 1.29 is 19.1 Å². The molecule has 1 aliphatic heterocycles. The Kier molecular flexibility index (Phi) is 5.41. The second-order valence-corrected chi connectivity index (χ2v) is 6.16. The van der Waals surface area contributed by atoms with E-state index in [2.05, 4.69) is 0 Å². The van der Waals surface area contributed by atoms with E-state index in [1.807, 2.05) is 54.6 Å². The van der Waals surface area contributed by atoms with E-state index in [1.165, 1.54) is 7.11 Å². The molecule has 0 N–H and O–H groups in total. The van der Waals surface area contributed by atoms with Crippen LogP contribution in [0.25, 0.3) is 6.08 Å². The molecule has 0 saturated heterocycles. The molecule has 1 heterocycles. The molecule has 0 unspecified atom stereocenters. The first-order valence-electron chi connectivity index (χ1n) is 8.56. The Bertz CT molecular complexity index is 928. The van der Waals surface area contributed by atoms with Crippen molar-refractivity contribution in [1.82, 2.24) is 4.90 Å². The molecule has 0 fully saturated rings. The number of ether oxygens (including phenoxy) is 2. The lowest BCUT2D eigenvalue weighted by Gasteiger charge is -2.17. The predicted molar refractivity (Wildman–Crippen MR) is 103 cm³/mol. The number of rotatable bonds is 5. The third kappa shape index (κ3) is 3.77. The fourth-order valence-electron chi connectivity index (χ4n) is 3.08. The molecule has 0 spiro atoms. The number of hydrogen-bond donors (Lipinski definition) is 0. The molecule has 0 saturated carbocycles. The van der Waals surface area contributed by atoms with Crippen LogP contribution in [0.4, 0.5) is 0 Å². The van der Waals surface area contributed by atoms with E-state index in [9.17, 15) is 9.59 Å². The van der Waals surface area contributed by atoms with Gasteiger partial charge in [-0.15, -0.1) is 0 Å². The number of carbonyl (C=O) groups excluding carboxylic acids is 2. The Morgan fingerprint density at radius 1 is 1.07 bits per heavy atom. The van der Waals surface area contributed by atoms with Crippen LogP contribution in [0.3, 0.4) is 0 Å². The summed E-state index contributed by atoms with van der Waals surface area (Å²) in [5, 5.41) is 0. The van der Waals surface area contributed by atoms with E-state index in [-0.39, 0.29) is 5.91 Å². The lowest BCUT2D eigenvalue weighted by molar-refractivity contribution is -0.136. The summed E-state index contributed by atoms with van der Waals surface area (Å²) in [5.41, 5.74) is 2.96. The molecular formula is C22H21NO4. The largest absolute Gasteiger partial charge is 0.497 e. The van der Waals surface area contributed by atoms with Crippen molar-refractivity contribution in [2.75, 3.05) is 14.2 Å². The van der Waals surface area contributed by atoms with Gasteiger partial charge in [-0.3, -0.25) is 4.79 Å². The highest BCUT2D eigenvalue weighted by Crippen LogP contribution is 2.33. The minimum atomic E-state index is -0.523. The second kappa shape index (κ2) is 7.91. The number of amides is 1. The van der Waals surface area contributed by atoms with Gasteiger partial charge in [-0.25, -0.2) is 4.79 Å². The van der Waals surface area contributed by atoms with Crippen LogP contribution in [-0.4, -0.2) is 31.0 Å². The first-order chi connectivity index (χ1) is 13.0. The number of hydrogen-bond acceptors (Lipinski definition) is 4. The minimum absolute atomic E-state index is 0.223. The highest BCUT2D eigenvalue weighted by atomic mass is 16.5. The van der Waals surface area contributed by atoms with E-state index in [4.69, 9.17) is 9.47 Å². The van der Waals surface area contributed by atoms with E-state index in [0.29, 0.717) is 29.1 Å². The Hall–Kier alpha value is -3.34. The number of nitrogens with zero attached hydrogens (tertiary/aromatic N) is 1. The third-order valence-electron chi connectivity index (χ3n) is 4.49. The second-order valence-electron chi connectivity index (χ2n) is 6.16. The standard InChI is InChI=1S/C22H21NO4/c1-15-20(22(25)27-3)19(13-17-10-7-11-18(12-17)26-2)21(24)23(15)14-16-8-5-4-6-9-16/h4-13H,14H2,1-3H3/b19-13-. The fraction of sp³-hybridized carbons (Fsp3) is 0.182. The zero-order chi connectivity index (χ0) is 19.4. The molecule has 0 atom stereocenters. The highest BCUT2D eigenvalue weighted by molar-refractivity contribution is 6.16. The minimum Gasteiger partial charge on any atom is -0.497 e. The van der Waals surface area contributed by atoms with E-state index in [0.717, 1.165) is 11.1 Å². The van der Waals surface area contributed by atoms with Crippen molar-refractivity contribution in [3.05, 3.63) is 82.6 Å². The Morgan fingerprint density at radius 2 is 1.81 bits per heavy atom. The Labute approximate surface area is 158 Å². The van der Waals surface area contributed by atoms with Crippen molar-refractivity contribution >= 4 is 18.0 Å². The van der Waals surface area contributed by atoms with Crippen molar-refractivity contribution in [3.8, 4) is 5.75 Å². The number of esters is 1. The van der Waals surface area contributed by atoms with E-state index < -0.39 is 5.97 Å². The average Bonchev–Trinajstić information content (AvgIpc) is 2.92. The summed E-state index contributed by atoms with van der Waals surface area (Å²) >= 11 is 0. The van der Waals surface area contributed by atoms with Crippen molar-refractivity contribution in [1.29, 1.82) is 0 Å². The molecule has 3 rings (SSSR count). The summed E-state index contributed by atoms with van der Waals surface area (Å²) in [6.45, 7) is 2.15. The fourth-order valence-corrected chi connectivity index (χ4v) is 3.08. The topological polar surface area (TPSA) is 55.8 Å². The van der Waals surface area contributed by atoms with Crippen LogP contribution >= 0.6 is 0 Å². The molecule has 0 radical (unpaired) electrons. The molecule has 1 aliphatic rings. The van der Waals surface area contributed by atoms with Crippen LogP contribution in [0.1, 0.15) is 18.1 Å². The van der Waals surface area contributed by atoms with E-state index in [1.54, 1.807) is 25.0 Å². The van der Waals surface area contributed by atoms with Crippen LogP contribution in [-0.2, 0) is 20.9 Å². The Morgan fingerprint density at radius 3 is 2.48 bits per heavy atom. The zero-order valence-corrected chi connectivity index (χ0v) is 15.6. The summed E-state index contributed by atoms with van der Waals surface area (Å²) in [4.78, 5) is 27.1. The molecule has 2 aromatic carbocycles. The Balaban J connectivity index is 2.03. The maximum atomic E-state index is 13.1. The number of methoxy groups -OCH3 is 2. The summed E-state index contributed by atoms with van der Waals surface area (Å²) < 4.78 is 10.2. The van der Waals surface area contributed by atoms with Gasteiger partial charge in [0.25, 0.3) is 5.91 Å². The van der Waals surface area contributed by atoms with Gasteiger partial charge in [-0.05, 0) is 36.3 Å². The normalized spacial score (nSPS) is 15.4.